The Morgan fingerprint density at radius 3 is 2.31 bits per heavy atom. The summed E-state index contributed by atoms with van der Waals surface area (Å²) in [4.78, 5) is 36.1. The van der Waals surface area contributed by atoms with Crippen molar-refractivity contribution in [2.75, 3.05) is 19.5 Å². The molecule has 0 bridgehead atoms. The highest BCUT2D eigenvalue weighted by molar-refractivity contribution is 7.12. The summed E-state index contributed by atoms with van der Waals surface area (Å²) in [6, 6.07) is 13.1. The summed E-state index contributed by atoms with van der Waals surface area (Å²) >= 11 is 1.00. The van der Waals surface area contributed by atoms with Crippen molar-refractivity contribution < 1.29 is 29.3 Å². The molecule has 0 saturated carbocycles. The van der Waals surface area contributed by atoms with Crippen molar-refractivity contribution in [3.63, 3.8) is 0 Å². The molecule has 0 spiro atoms. The number of hydrogen-bond donors (Lipinski definition) is 6. The fourth-order valence-electron chi connectivity index (χ4n) is 3.52. The van der Waals surface area contributed by atoms with E-state index >= 15 is 0 Å². The molecular formula is C25H26N6O7S. The van der Waals surface area contributed by atoms with Crippen LogP contribution in [0, 0.1) is 5.41 Å². The van der Waals surface area contributed by atoms with Gasteiger partial charge in [0.05, 0.1) is 19.9 Å². The molecule has 0 aliphatic rings. The molecule has 39 heavy (non-hydrogen) atoms. The van der Waals surface area contributed by atoms with Gasteiger partial charge in [0, 0.05) is 18.2 Å². The summed E-state index contributed by atoms with van der Waals surface area (Å²) in [5, 5.41) is 33.8. The molecule has 0 radical (unpaired) electrons. The molecule has 0 aliphatic heterocycles. The molecule has 14 heteroatoms. The number of nitrogens with two attached hydrogens (primary N) is 1. The van der Waals surface area contributed by atoms with Crippen LogP contribution >= 0.6 is 11.3 Å². The molecule has 4 rings (SSSR count). The Bertz CT molecular complexity index is 1540. The highest BCUT2D eigenvalue weighted by Crippen LogP contribution is 2.33. The first-order chi connectivity index (χ1) is 18.5. The van der Waals surface area contributed by atoms with Gasteiger partial charge in [0.2, 0.25) is 0 Å². The topological polar surface area (TPSA) is 206 Å². The Morgan fingerprint density at radius 2 is 1.74 bits per heavy atom. The van der Waals surface area contributed by atoms with E-state index in [4.69, 9.17) is 30.5 Å². The number of nitrogens with zero attached hydrogens (tertiary/aromatic N) is 2. The number of nitrogens with one attached hydrogen (secondary N) is 3. The number of benzene rings is 2. The van der Waals surface area contributed by atoms with Gasteiger partial charge in [-0.2, -0.15) is 4.68 Å². The van der Waals surface area contributed by atoms with Crippen LogP contribution in [0.2, 0.25) is 0 Å². The van der Waals surface area contributed by atoms with Crippen LogP contribution in [-0.2, 0) is 4.79 Å². The van der Waals surface area contributed by atoms with Gasteiger partial charge >= 0.3 is 11.7 Å². The third kappa shape index (κ3) is 6.81. The summed E-state index contributed by atoms with van der Waals surface area (Å²) in [5.41, 5.74) is 7.07. The zero-order valence-corrected chi connectivity index (χ0v) is 21.9. The molecule has 13 nitrogen and oxygen atoms in total. The Labute approximate surface area is 226 Å². The maximum atomic E-state index is 12.8. The molecular weight excluding hydrogens is 528 g/mol. The SMILES string of the molecule is CC(=O)O.COc1ccc(C(Nc2ccc(C(=N)N)cc2)c2nn(-c3ccsc3C(=O)O)c(=O)[nH]2)cc1OC. The lowest BCUT2D eigenvalue weighted by molar-refractivity contribution is -0.134. The third-order valence-electron chi connectivity index (χ3n) is 5.22. The summed E-state index contributed by atoms with van der Waals surface area (Å²) in [7, 11) is 3.05. The quantitative estimate of drug-likeness (QED) is 0.132. The zero-order valence-electron chi connectivity index (χ0n) is 21.1. The smallest absolute Gasteiger partial charge is 0.348 e. The highest BCUT2D eigenvalue weighted by Gasteiger charge is 2.24. The van der Waals surface area contributed by atoms with E-state index in [2.05, 4.69) is 15.4 Å². The van der Waals surface area contributed by atoms with Gasteiger partial charge in [0.1, 0.15) is 16.8 Å². The van der Waals surface area contributed by atoms with Crippen LogP contribution in [-0.4, -0.2) is 57.0 Å². The van der Waals surface area contributed by atoms with Crippen molar-refractivity contribution in [1.82, 2.24) is 14.8 Å². The first kappa shape index (κ1) is 28.5. The largest absolute Gasteiger partial charge is 0.493 e. The van der Waals surface area contributed by atoms with Crippen molar-refractivity contribution in [3.05, 3.63) is 86.2 Å². The van der Waals surface area contributed by atoms with Gasteiger partial charge in [-0.3, -0.25) is 15.2 Å². The zero-order chi connectivity index (χ0) is 28.7. The number of anilines is 1. The summed E-state index contributed by atoms with van der Waals surface area (Å²) in [6.07, 6.45) is 0. The highest BCUT2D eigenvalue weighted by atomic mass is 32.1. The van der Waals surface area contributed by atoms with Crippen LogP contribution in [0.25, 0.3) is 5.69 Å². The number of carbonyl (C=O) groups is 2. The monoisotopic (exact) mass is 554 g/mol. The molecule has 4 aromatic rings. The van der Waals surface area contributed by atoms with E-state index in [1.54, 1.807) is 47.8 Å². The predicted octanol–water partition coefficient (Wildman–Crippen LogP) is 2.91. The van der Waals surface area contributed by atoms with E-state index < -0.39 is 23.7 Å². The molecule has 1 unspecified atom stereocenters. The van der Waals surface area contributed by atoms with Crippen LogP contribution in [0.1, 0.15) is 39.6 Å². The van der Waals surface area contributed by atoms with Gasteiger partial charge in [-0.05, 0) is 53.4 Å². The van der Waals surface area contributed by atoms with E-state index in [0.29, 0.717) is 28.3 Å². The van der Waals surface area contributed by atoms with Crippen LogP contribution in [0.4, 0.5) is 5.69 Å². The Morgan fingerprint density at radius 1 is 1.10 bits per heavy atom. The van der Waals surface area contributed by atoms with E-state index in [-0.39, 0.29) is 22.2 Å². The number of ether oxygens (including phenoxy) is 2. The number of H-pyrrole nitrogens is 1. The van der Waals surface area contributed by atoms with Gasteiger partial charge < -0.3 is 30.7 Å². The summed E-state index contributed by atoms with van der Waals surface area (Å²) in [6.45, 7) is 1.08. The second-order valence-electron chi connectivity index (χ2n) is 7.87. The first-order valence-electron chi connectivity index (χ1n) is 11.2. The predicted molar refractivity (Wildman–Crippen MR) is 145 cm³/mol. The van der Waals surface area contributed by atoms with Gasteiger partial charge in [-0.1, -0.05) is 6.07 Å². The van der Waals surface area contributed by atoms with Crippen molar-refractivity contribution in [2.45, 2.75) is 13.0 Å². The minimum atomic E-state index is -1.15. The number of hydrogen-bond acceptors (Lipinski definition) is 9. The number of aromatic carboxylic acids is 1. The Hall–Kier alpha value is -5.11. The lowest BCUT2D eigenvalue weighted by Gasteiger charge is -2.20. The number of nitrogen functional groups attached to an aromatic ring is 1. The molecule has 0 fully saturated rings. The molecule has 0 amide bonds. The molecule has 2 aromatic heterocycles. The fourth-order valence-corrected chi connectivity index (χ4v) is 4.23. The second kappa shape index (κ2) is 12.4. The molecule has 2 heterocycles. The first-order valence-corrected chi connectivity index (χ1v) is 12.1. The van der Waals surface area contributed by atoms with Gasteiger partial charge in [-0.25, -0.2) is 9.59 Å². The van der Waals surface area contributed by atoms with Crippen molar-refractivity contribution in [3.8, 4) is 17.2 Å². The number of thiophene rings is 1. The minimum absolute atomic E-state index is 0.000553. The molecule has 204 valence electrons. The van der Waals surface area contributed by atoms with Crippen LogP contribution in [0.3, 0.4) is 0 Å². The fraction of sp³-hybridized carbons (Fsp3) is 0.160. The van der Waals surface area contributed by atoms with E-state index in [9.17, 15) is 14.7 Å². The standard InChI is InChI=1S/C23H22N6O5S.C2H4O2/c1-33-16-8-5-13(11-17(16)34-2)18(26-14-6-3-12(4-7-14)20(24)25)21-27-23(32)29(28-21)15-9-10-35-19(15)22(30)31;1-2(3)4/h3-11,18,26H,1-2H3,(H3,24,25)(H,30,31)(H,27,28,32);1H3,(H,3,4). The van der Waals surface area contributed by atoms with E-state index in [1.807, 2.05) is 0 Å². The third-order valence-corrected chi connectivity index (χ3v) is 6.11. The Balaban J connectivity index is 0.000000983. The van der Waals surface area contributed by atoms with Crippen LogP contribution < -0.4 is 26.2 Å². The average molecular weight is 555 g/mol. The summed E-state index contributed by atoms with van der Waals surface area (Å²) < 4.78 is 11.8. The van der Waals surface area contributed by atoms with Crippen LogP contribution in [0.5, 0.6) is 11.5 Å². The lowest BCUT2D eigenvalue weighted by atomic mass is 10.0. The average Bonchev–Trinajstić information content (AvgIpc) is 3.53. The number of aromatic nitrogens is 3. The number of aromatic amines is 1. The van der Waals surface area contributed by atoms with E-state index in [1.165, 1.54) is 20.3 Å². The van der Waals surface area contributed by atoms with Gasteiger partial charge in [0.25, 0.3) is 5.97 Å². The number of methoxy groups -OCH3 is 2. The van der Waals surface area contributed by atoms with Crippen LogP contribution in [0.15, 0.2) is 58.7 Å². The molecule has 0 aliphatic carbocycles. The van der Waals surface area contributed by atoms with E-state index in [0.717, 1.165) is 22.9 Å². The van der Waals surface area contributed by atoms with Crippen molar-refractivity contribution in [2.24, 2.45) is 5.73 Å². The maximum absolute atomic E-state index is 12.8. The normalized spacial score (nSPS) is 11.1. The summed E-state index contributed by atoms with van der Waals surface area (Å²) in [5.74, 6) is -0.770. The van der Waals surface area contributed by atoms with Crippen molar-refractivity contribution in [1.29, 1.82) is 5.41 Å². The van der Waals surface area contributed by atoms with Gasteiger partial charge in [-0.15, -0.1) is 16.4 Å². The molecule has 1 atom stereocenters. The van der Waals surface area contributed by atoms with Gasteiger partial charge in [0.15, 0.2) is 17.3 Å². The second-order valence-corrected chi connectivity index (χ2v) is 8.79. The minimum Gasteiger partial charge on any atom is -0.493 e. The number of rotatable bonds is 9. The molecule has 7 N–H and O–H groups in total. The maximum Gasteiger partial charge on any atom is 0.348 e. The molecule has 2 aromatic carbocycles. The number of aliphatic carboxylic acids is 1. The molecule has 0 saturated heterocycles. The van der Waals surface area contributed by atoms with Crippen molar-refractivity contribution >= 4 is 34.8 Å². The number of carboxylic acid groups (broad SMARTS) is 2. The Kier molecular flexibility index (Phi) is 9.07. The lowest BCUT2D eigenvalue weighted by Crippen LogP contribution is -2.17. The number of amidine groups is 1. The number of carboxylic acids is 2.